The number of hydrogen-bond acceptors (Lipinski definition) is 6. The van der Waals surface area contributed by atoms with E-state index in [2.05, 4.69) is 36.3 Å². The summed E-state index contributed by atoms with van der Waals surface area (Å²) in [5.74, 6) is -0.904. The zero-order chi connectivity index (χ0) is 21.7. The summed E-state index contributed by atoms with van der Waals surface area (Å²) in [4.78, 5) is 3.31. The lowest BCUT2D eigenvalue weighted by molar-refractivity contribution is 0.568. The van der Waals surface area contributed by atoms with Crippen molar-refractivity contribution in [1.29, 1.82) is 0 Å². The van der Waals surface area contributed by atoms with Gasteiger partial charge in [0.15, 0.2) is 5.13 Å². The molecule has 2 aromatic carbocycles. The third kappa shape index (κ3) is 5.92. The fraction of sp³-hybridized carbons (Fsp3) is 0.211. The fourth-order valence-electron chi connectivity index (χ4n) is 2.77. The Hall–Kier alpha value is -1.72. The van der Waals surface area contributed by atoms with Crippen LogP contribution in [0.1, 0.15) is 5.56 Å². The van der Waals surface area contributed by atoms with Crippen molar-refractivity contribution in [3.05, 3.63) is 68.9 Å². The molecule has 11 heteroatoms. The van der Waals surface area contributed by atoms with E-state index in [1.54, 1.807) is 5.38 Å². The minimum Gasteiger partial charge on any atom is -0.382 e. The van der Waals surface area contributed by atoms with Gasteiger partial charge in [-0.2, -0.15) is 0 Å². The number of halogens is 3. The molecule has 3 rings (SSSR count). The lowest BCUT2D eigenvalue weighted by atomic mass is 10.1. The van der Waals surface area contributed by atoms with E-state index in [4.69, 9.17) is 11.6 Å². The molecule has 1 unspecified atom stereocenters. The molecule has 0 saturated heterocycles. The normalized spacial score (nSPS) is 12.5. The number of hydrogen-bond donors (Lipinski definition) is 3. The molecule has 0 bridgehead atoms. The molecule has 0 radical (unpaired) electrons. The van der Waals surface area contributed by atoms with Gasteiger partial charge in [0.2, 0.25) is 0 Å². The van der Waals surface area contributed by atoms with Crippen LogP contribution in [0.2, 0.25) is 5.02 Å². The molecule has 1 heterocycles. The van der Waals surface area contributed by atoms with Gasteiger partial charge in [-0.15, -0.1) is 11.3 Å². The maximum absolute atomic E-state index is 14.6. The molecule has 3 N–H and O–H groups in total. The summed E-state index contributed by atoms with van der Waals surface area (Å²) in [7, 11) is -2.30. The third-order valence-corrected chi connectivity index (χ3v) is 7.26. The molecule has 0 spiro atoms. The smallest absolute Gasteiger partial charge is 0.266 e. The van der Waals surface area contributed by atoms with Gasteiger partial charge < -0.3 is 10.6 Å². The number of benzene rings is 2. The molecule has 0 aliphatic rings. The quantitative estimate of drug-likeness (QED) is 0.370. The summed E-state index contributed by atoms with van der Waals surface area (Å²) in [6.45, 7) is 0.464. The molecule has 1 aromatic heterocycles. The van der Waals surface area contributed by atoms with E-state index in [9.17, 15) is 12.8 Å². The van der Waals surface area contributed by atoms with Gasteiger partial charge in [0, 0.05) is 28.6 Å². The van der Waals surface area contributed by atoms with Gasteiger partial charge in [-0.05, 0) is 43.3 Å². The number of sulfonamides is 1. The highest BCUT2D eigenvalue weighted by Gasteiger charge is 2.22. The predicted octanol–water partition coefficient (Wildman–Crippen LogP) is 4.74. The number of anilines is 2. The molecule has 0 saturated carbocycles. The van der Waals surface area contributed by atoms with Gasteiger partial charge in [-0.3, -0.25) is 4.72 Å². The lowest BCUT2D eigenvalue weighted by Crippen LogP contribution is -2.34. The first-order valence-electron chi connectivity index (χ1n) is 8.85. The van der Waals surface area contributed by atoms with E-state index in [1.165, 1.54) is 6.20 Å². The van der Waals surface area contributed by atoms with Gasteiger partial charge in [-0.25, -0.2) is 17.8 Å². The average Bonchev–Trinajstić information content (AvgIpc) is 3.19. The second kappa shape index (κ2) is 10.1. The van der Waals surface area contributed by atoms with Gasteiger partial charge in [0.05, 0.1) is 10.7 Å². The number of thiazole rings is 1. The van der Waals surface area contributed by atoms with Crippen LogP contribution in [0.4, 0.5) is 15.2 Å². The Morgan fingerprint density at radius 2 is 2.10 bits per heavy atom. The lowest BCUT2D eigenvalue weighted by Gasteiger charge is -2.19. The summed E-state index contributed by atoms with van der Waals surface area (Å²) >= 11 is 10.8. The highest BCUT2D eigenvalue weighted by atomic mass is 79.9. The van der Waals surface area contributed by atoms with E-state index in [-0.39, 0.29) is 16.2 Å². The topological polar surface area (TPSA) is 83.1 Å². The molecular formula is C19H19BrClFN4O2S2. The summed E-state index contributed by atoms with van der Waals surface area (Å²) in [6, 6.07) is 10.2. The van der Waals surface area contributed by atoms with Crippen LogP contribution in [0.5, 0.6) is 0 Å². The number of nitrogens with one attached hydrogen (secondary N) is 3. The van der Waals surface area contributed by atoms with Crippen LogP contribution in [0, 0.1) is 5.82 Å². The minimum atomic E-state index is -4.14. The monoisotopic (exact) mass is 532 g/mol. The standard InChI is InChI=1S/C19H19BrClFN4O2S2/c1-23-14(8-12-3-2-4-13(20)7-12)11-25-17-10-16(22)18(9-15(17)21)30(27,28)26-19-24-5-6-29-19/h2-7,9-10,14,23,25H,8,11H2,1H3,(H,24,26). The first-order valence-corrected chi connectivity index (χ1v) is 12.4. The van der Waals surface area contributed by atoms with Crippen molar-refractivity contribution >= 4 is 59.7 Å². The molecule has 30 heavy (non-hydrogen) atoms. The molecule has 0 fully saturated rings. The van der Waals surface area contributed by atoms with Crippen LogP contribution in [0.15, 0.2) is 57.3 Å². The van der Waals surface area contributed by atoms with Gasteiger partial charge in [0.25, 0.3) is 10.0 Å². The Balaban J connectivity index is 1.71. The van der Waals surface area contributed by atoms with Crippen molar-refractivity contribution in [2.45, 2.75) is 17.4 Å². The minimum absolute atomic E-state index is 0.0495. The van der Waals surface area contributed by atoms with Crippen LogP contribution in [-0.2, 0) is 16.4 Å². The molecule has 1 atom stereocenters. The van der Waals surface area contributed by atoms with E-state index >= 15 is 0 Å². The number of aromatic nitrogens is 1. The van der Waals surface area contributed by atoms with Gasteiger partial charge in [0.1, 0.15) is 10.7 Å². The highest BCUT2D eigenvalue weighted by molar-refractivity contribution is 9.10. The van der Waals surface area contributed by atoms with E-state index in [0.717, 1.165) is 39.9 Å². The summed E-state index contributed by atoms with van der Waals surface area (Å²) < 4.78 is 42.7. The first-order chi connectivity index (χ1) is 14.3. The first kappa shape index (κ1) is 23.0. The SMILES string of the molecule is CNC(CNc1cc(F)c(S(=O)(=O)Nc2nccs2)cc1Cl)Cc1cccc(Br)c1. The van der Waals surface area contributed by atoms with Crippen LogP contribution in [-0.4, -0.2) is 33.0 Å². The Kier molecular flexibility index (Phi) is 7.70. The van der Waals surface area contributed by atoms with Crippen LogP contribution in [0.3, 0.4) is 0 Å². The van der Waals surface area contributed by atoms with Crippen LogP contribution < -0.4 is 15.4 Å². The molecular weight excluding hydrogens is 515 g/mol. The number of nitrogens with zero attached hydrogens (tertiary/aromatic N) is 1. The molecule has 3 aromatic rings. The van der Waals surface area contributed by atoms with Crippen molar-refractivity contribution in [3.63, 3.8) is 0 Å². The predicted molar refractivity (Wildman–Crippen MR) is 124 cm³/mol. The van der Waals surface area contributed by atoms with Gasteiger partial charge >= 0.3 is 0 Å². The number of likely N-dealkylation sites (N-methyl/N-ethyl adjacent to an activating group) is 1. The average molecular weight is 534 g/mol. The molecule has 160 valence electrons. The van der Waals surface area contributed by atoms with E-state index in [1.807, 2.05) is 31.3 Å². The second-order valence-electron chi connectivity index (χ2n) is 6.41. The Morgan fingerprint density at radius 3 is 2.77 bits per heavy atom. The number of rotatable bonds is 9. The second-order valence-corrected chi connectivity index (χ2v) is 10.3. The van der Waals surface area contributed by atoms with Crippen molar-refractivity contribution in [3.8, 4) is 0 Å². The summed E-state index contributed by atoms with van der Waals surface area (Å²) in [5.41, 5.74) is 1.45. The van der Waals surface area contributed by atoms with Crippen LogP contribution in [0.25, 0.3) is 0 Å². The third-order valence-electron chi connectivity index (χ3n) is 4.28. The largest absolute Gasteiger partial charge is 0.382 e. The highest BCUT2D eigenvalue weighted by Crippen LogP contribution is 2.29. The van der Waals surface area contributed by atoms with E-state index in [0.29, 0.717) is 12.2 Å². The van der Waals surface area contributed by atoms with Crippen molar-refractivity contribution in [2.75, 3.05) is 23.6 Å². The van der Waals surface area contributed by atoms with Crippen molar-refractivity contribution in [1.82, 2.24) is 10.3 Å². The Morgan fingerprint density at radius 1 is 1.30 bits per heavy atom. The zero-order valence-electron chi connectivity index (χ0n) is 15.8. The fourth-order valence-corrected chi connectivity index (χ4v) is 5.39. The maximum Gasteiger partial charge on any atom is 0.266 e. The molecule has 6 nitrogen and oxygen atoms in total. The summed E-state index contributed by atoms with van der Waals surface area (Å²) in [6.07, 6.45) is 2.19. The molecule has 0 amide bonds. The zero-order valence-corrected chi connectivity index (χ0v) is 19.8. The Bertz CT molecular complexity index is 1110. The van der Waals surface area contributed by atoms with Crippen molar-refractivity contribution in [2.24, 2.45) is 0 Å². The molecule has 0 aliphatic heterocycles. The maximum atomic E-state index is 14.6. The van der Waals surface area contributed by atoms with Crippen LogP contribution >= 0.6 is 38.9 Å². The summed E-state index contributed by atoms with van der Waals surface area (Å²) in [5, 5.41) is 8.17. The molecule has 0 aliphatic carbocycles. The van der Waals surface area contributed by atoms with E-state index < -0.39 is 20.7 Å². The van der Waals surface area contributed by atoms with Gasteiger partial charge in [-0.1, -0.05) is 39.7 Å². The Labute approximate surface area is 192 Å². The van der Waals surface area contributed by atoms with Crippen molar-refractivity contribution < 1.29 is 12.8 Å².